The summed E-state index contributed by atoms with van der Waals surface area (Å²) in [6.07, 6.45) is -4.33. The minimum absolute atomic E-state index is 0.0116. The molecule has 0 aromatic carbocycles. The van der Waals surface area contributed by atoms with Gasteiger partial charge in [-0.15, -0.1) is 0 Å². The third kappa shape index (κ3) is 7.94. The molecule has 3 N–H and O–H groups in total. The van der Waals surface area contributed by atoms with E-state index >= 15 is 0 Å². The van der Waals surface area contributed by atoms with E-state index in [1.807, 2.05) is 0 Å². The molecule has 0 saturated carbocycles. The maximum absolute atomic E-state index is 11.8. The molecule has 0 unspecified atom stereocenters. The summed E-state index contributed by atoms with van der Waals surface area (Å²) in [6, 6.07) is -1.44. The molecule has 10 heteroatoms. The molecular formula is C7H13F3N2O4S. The Morgan fingerprint density at radius 1 is 1.41 bits per heavy atom. The Balaban J connectivity index is 4.46. The summed E-state index contributed by atoms with van der Waals surface area (Å²) < 4.78 is 60.3. The fraction of sp³-hybridized carbons (Fsp3) is 0.857. The summed E-state index contributed by atoms with van der Waals surface area (Å²) in [5, 5.41) is 8.62. The third-order valence-corrected chi connectivity index (χ3v) is 2.75. The number of nitrogens with one attached hydrogen (secondary N) is 2. The lowest BCUT2D eigenvalue weighted by atomic mass is 10.2. The molecule has 0 radical (unpaired) electrons. The summed E-state index contributed by atoms with van der Waals surface area (Å²) in [4.78, 5) is 10.6. The van der Waals surface area contributed by atoms with Crippen LogP contribution in [0.5, 0.6) is 0 Å². The highest BCUT2D eigenvalue weighted by Crippen LogP contribution is 2.12. The Hall–Kier alpha value is -0.870. The Morgan fingerprint density at radius 3 is 2.29 bits per heavy atom. The lowest BCUT2D eigenvalue weighted by molar-refractivity contribution is -0.139. The van der Waals surface area contributed by atoms with Crippen molar-refractivity contribution in [3.63, 3.8) is 0 Å². The molecule has 0 heterocycles. The van der Waals surface area contributed by atoms with E-state index in [9.17, 15) is 26.4 Å². The highest BCUT2D eigenvalue weighted by molar-refractivity contribution is 7.87. The molecule has 0 aromatic heterocycles. The van der Waals surface area contributed by atoms with Gasteiger partial charge in [0.05, 0.1) is 0 Å². The maximum atomic E-state index is 11.8. The summed E-state index contributed by atoms with van der Waals surface area (Å²) in [5.74, 6) is -1.44. The number of aliphatic carboxylic acids is 1. The Bertz CT molecular complexity index is 355. The molecule has 0 aliphatic carbocycles. The van der Waals surface area contributed by atoms with Crippen LogP contribution in [-0.4, -0.2) is 38.3 Å². The van der Waals surface area contributed by atoms with Crippen LogP contribution in [0.1, 0.15) is 19.8 Å². The molecule has 0 aromatic rings. The van der Waals surface area contributed by atoms with Crippen molar-refractivity contribution < 1.29 is 31.5 Å². The number of halogens is 3. The van der Waals surface area contributed by atoms with Gasteiger partial charge in [-0.2, -0.15) is 31.0 Å². The molecule has 102 valence electrons. The molecule has 0 saturated heterocycles. The smallest absolute Gasteiger partial charge is 0.402 e. The van der Waals surface area contributed by atoms with E-state index in [1.54, 1.807) is 11.6 Å². The van der Waals surface area contributed by atoms with E-state index in [0.717, 1.165) is 0 Å². The fourth-order valence-corrected chi connectivity index (χ4v) is 1.96. The van der Waals surface area contributed by atoms with Gasteiger partial charge in [0.2, 0.25) is 0 Å². The molecule has 0 rings (SSSR count). The van der Waals surface area contributed by atoms with Crippen molar-refractivity contribution in [1.29, 1.82) is 0 Å². The minimum Gasteiger partial charge on any atom is -0.480 e. The van der Waals surface area contributed by atoms with Crippen molar-refractivity contribution in [3.8, 4) is 0 Å². The lowest BCUT2D eigenvalue weighted by Crippen LogP contribution is -2.48. The zero-order valence-corrected chi connectivity index (χ0v) is 9.73. The first kappa shape index (κ1) is 16.1. The van der Waals surface area contributed by atoms with Gasteiger partial charge >= 0.3 is 12.1 Å². The molecule has 0 aliphatic rings. The van der Waals surface area contributed by atoms with E-state index in [4.69, 9.17) is 5.11 Å². The fourth-order valence-electron chi connectivity index (χ4n) is 0.927. The number of alkyl halides is 3. The number of carboxylic acids is 1. The van der Waals surface area contributed by atoms with Crippen LogP contribution in [0, 0.1) is 0 Å². The van der Waals surface area contributed by atoms with Gasteiger partial charge in [0.25, 0.3) is 10.2 Å². The van der Waals surface area contributed by atoms with Crippen molar-refractivity contribution >= 4 is 16.2 Å². The summed E-state index contributed by atoms with van der Waals surface area (Å²) in [5.41, 5.74) is 0. The average Bonchev–Trinajstić information content (AvgIpc) is 2.13. The van der Waals surface area contributed by atoms with E-state index in [0.29, 0.717) is 6.42 Å². The molecule has 6 nitrogen and oxygen atoms in total. The standard InChI is InChI=1S/C7H13F3N2O4S/c1-2-3-5(6(13)14)12-17(15,16)11-4-7(8,9)10/h5,11-12H,2-4H2,1H3,(H,13,14)/t5-/m1/s1. The van der Waals surface area contributed by atoms with Gasteiger partial charge in [0.1, 0.15) is 12.6 Å². The minimum atomic E-state index is -4.70. The lowest BCUT2D eigenvalue weighted by Gasteiger charge is -2.15. The normalized spacial score (nSPS) is 14.6. The van der Waals surface area contributed by atoms with Crippen LogP contribution in [0.25, 0.3) is 0 Å². The molecule has 0 amide bonds. The van der Waals surface area contributed by atoms with Crippen molar-refractivity contribution in [2.75, 3.05) is 6.54 Å². The van der Waals surface area contributed by atoms with Crippen molar-refractivity contribution in [2.45, 2.75) is 32.0 Å². The number of carboxylic acid groups (broad SMARTS) is 1. The highest BCUT2D eigenvalue weighted by atomic mass is 32.2. The quantitative estimate of drug-likeness (QED) is 0.621. The summed E-state index contributed by atoms with van der Waals surface area (Å²) >= 11 is 0. The molecule has 0 spiro atoms. The van der Waals surface area contributed by atoms with Crippen LogP contribution in [0.2, 0.25) is 0 Å². The first-order chi connectivity index (χ1) is 7.57. The van der Waals surface area contributed by atoms with Crippen LogP contribution in [-0.2, 0) is 15.0 Å². The third-order valence-electron chi connectivity index (χ3n) is 1.64. The van der Waals surface area contributed by atoms with Gasteiger partial charge in [-0.05, 0) is 6.42 Å². The van der Waals surface area contributed by atoms with Gasteiger partial charge < -0.3 is 5.11 Å². The number of hydrogen-bond acceptors (Lipinski definition) is 3. The number of rotatable bonds is 7. The second kappa shape index (κ2) is 6.17. The maximum Gasteiger partial charge on any atom is 0.402 e. The van der Waals surface area contributed by atoms with Crippen molar-refractivity contribution in [1.82, 2.24) is 9.44 Å². The van der Waals surface area contributed by atoms with Gasteiger partial charge in [0, 0.05) is 0 Å². The second-order valence-corrected chi connectivity index (χ2v) is 4.77. The van der Waals surface area contributed by atoms with E-state index in [-0.39, 0.29) is 6.42 Å². The number of hydrogen-bond donors (Lipinski definition) is 3. The van der Waals surface area contributed by atoms with Gasteiger partial charge in [0.15, 0.2) is 0 Å². The number of carbonyl (C=O) groups is 1. The van der Waals surface area contributed by atoms with Crippen LogP contribution in [0.4, 0.5) is 13.2 Å². The van der Waals surface area contributed by atoms with Crippen LogP contribution in [0.3, 0.4) is 0 Å². The first-order valence-corrected chi connectivity index (χ1v) is 6.12. The second-order valence-electron chi connectivity index (χ2n) is 3.24. The summed E-state index contributed by atoms with van der Waals surface area (Å²) in [6.45, 7) is -0.131. The molecule has 17 heavy (non-hydrogen) atoms. The highest BCUT2D eigenvalue weighted by Gasteiger charge is 2.31. The monoisotopic (exact) mass is 278 g/mol. The van der Waals surface area contributed by atoms with Gasteiger partial charge in [-0.25, -0.2) is 0 Å². The molecule has 0 fully saturated rings. The van der Waals surface area contributed by atoms with Crippen molar-refractivity contribution in [3.05, 3.63) is 0 Å². The molecular weight excluding hydrogens is 265 g/mol. The molecule has 0 bridgehead atoms. The molecule has 1 atom stereocenters. The van der Waals surface area contributed by atoms with Crippen LogP contribution >= 0.6 is 0 Å². The summed E-state index contributed by atoms with van der Waals surface area (Å²) in [7, 11) is -4.48. The largest absolute Gasteiger partial charge is 0.480 e. The molecule has 0 aliphatic heterocycles. The Labute approximate surface area is 96.4 Å². The zero-order valence-electron chi connectivity index (χ0n) is 8.91. The predicted molar refractivity (Wildman–Crippen MR) is 52.4 cm³/mol. The van der Waals surface area contributed by atoms with Crippen LogP contribution < -0.4 is 9.44 Å². The Kier molecular flexibility index (Phi) is 5.85. The average molecular weight is 278 g/mol. The van der Waals surface area contributed by atoms with Crippen molar-refractivity contribution in [2.24, 2.45) is 0 Å². The first-order valence-electron chi connectivity index (χ1n) is 4.64. The van der Waals surface area contributed by atoms with E-state index in [2.05, 4.69) is 0 Å². The van der Waals surface area contributed by atoms with E-state index in [1.165, 1.54) is 4.72 Å². The SMILES string of the molecule is CCC[C@@H](NS(=O)(=O)NCC(F)(F)F)C(=O)O. The van der Waals surface area contributed by atoms with Crippen LogP contribution in [0.15, 0.2) is 0 Å². The predicted octanol–water partition coefficient (Wildman–Crippen LogP) is 0.226. The van der Waals surface area contributed by atoms with E-state index < -0.39 is 34.9 Å². The zero-order chi connectivity index (χ0) is 13.7. The topological polar surface area (TPSA) is 95.5 Å². The van der Waals surface area contributed by atoms with Gasteiger partial charge in [-0.3, -0.25) is 4.79 Å². The van der Waals surface area contributed by atoms with Gasteiger partial charge in [-0.1, -0.05) is 13.3 Å². The Morgan fingerprint density at radius 2 is 1.94 bits per heavy atom.